The van der Waals surface area contributed by atoms with Crippen molar-refractivity contribution in [1.29, 1.82) is 0 Å². The number of hydrogen-bond donors (Lipinski definition) is 1. The van der Waals surface area contributed by atoms with Gasteiger partial charge in [0.1, 0.15) is 12.2 Å². The summed E-state index contributed by atoms with van der Waals surface area (Å²) in [5.74, 6) is 2.35. The number of amides is 4. The van der Waals surface area contributed by atoms with Crippen molar-refractivity contribution < 1.29 is 14.4 Å². The van der Waals surface area contributed by atoms with Crippen molar-refractivity contribution in [3.63, 3.8) is 0 Å². The van der Waals surface area contributed by atoms with Gasteiger partial charge >= 0.3 is 6.03 Å². The fraction of sp³-hybridized carbons (Fsp3) is 0.414. The number of piperazine rings is 1. The number of benzene rings is 2. The van der Waals surface area contributed by atoms with E-state index in [0.29, 0.717) is 25.9 Å². The second-order valence-corrected chi connectivity index (χ2v) is 9.48. The van der Waals surface area contributed by atoms with Crippen molar-refractivity contribution in [2.24, 2.45) is 0 Å². The zero-order chi connectivity index (χ0) is 26.2. The van der Waals surface area contributed by atoms with Crippen molar-refractivity contribution in [2.75, 3.05) is 26.2 Å². The van der Waals surface area contributed by atoms with Crippen LogP contribution in [0.15, 0.2) is 60.7 Å². The van der Waals surface area contributed by atoms with Gasteiger partial charge in [-0.3, -0.25) is 9.59 Å². The van der Waals surface area contributed by atoms with Crippen LogP contribution < -0.4 is 5.32 Å². The van der Waals surface area contributed by atoms with Crippen molar-refractivity contribution in [3.8, 4) is 12.3 Å². The van der Waals surface area contributed by atoms with E-state index in [1.54, 1.807) is 19.8 Å². The number of carbonyl (C=O) groups excluding carboxylic acids is 3. The summed E-state index contributed by atoms with van der Waals surface area (Å²) in [5.41, 5.74) is 2.10. The topological polar surface area (TPSA) is 76.2 Å². The van der Waals surface area contributed by atoms with Crippen molar-refractivity contribution in [1.82, 2.24) is 25.1 Å². The highest BCUT2D eigenvalue weighted by Crippen LogP contribution is 2.29. The van der Waals surface area contributed by atoms with Gasteiger partial charge in [0.15, 0.2) is 0 Å². The second-order valence-electron chi connectivity index (χ2n) is 9.48. The molecule has 1 N–H and O–H groups in total. The van der Waals surface area contributed by atoms with Gasteiger partial charge in [0.2, 0.25) is 11.8 Å². The Balaban J connectivity index is 1.60. The number of rotatable bonds is 9. The van der Waals surface area contributed by atoms with Crippen molar-refractivity contribution in [3.05, 3.63) is 71.8 Å². The highest BCUT2D eigenvalue weighted by molar-refractivity contribution is 5.91. The maximum absolute atomic E-state index is 13.6. The average molecular weight is 502 g/mol. The molecule has 4 amide bonds. The molecule has 0 aromatic heterocycles. The fourth-order valence-electron chi connectivity index (χ4n) is 5.08. The largest absolute Gasteiger partial charge is 0.337 e. The monoisotopic (exact) mass is 501 g/mol. The van der Waals surface area contributed by atoms with Gasteiger partial charge in [-0.2, -0.15) is 5.01 Å². The predicted molar refractivity (Wildman–Crippen MR) is 142 cm³/mol. The predicted octanol–water partition coefficient (Wildman–Crippen LogP) is 2.86. The lowest BCUT2D eigenvalue weighted by molar-refractivity contribution is -0.189. The van der Waals surface area contributed by atoms with Gasteiger partial charge in [0.05, 0.1) is 19.6 Å². The number of urea groups is 1. The molecule has 2 saturated heterocycles. The Labute approximate surface area is 219 Å². The van der Waals surface area contributed by atoms with E-state index < -0.39 is 12.2 Å². The van der Waals surface area contributed by atoms with E-state index in [0.717, 1.165) is 24.0 Å². The smallest absolute Gasteiger partial charge is 0.334 e. The lowest BCUT2D eigenvalue weighted by atomic mass is 10.0. The van der Waals surface area contributed by atoms with Gasteiger partial charge in [-0.05, 0) is 24.0 Å². The third kappa shape index (κ3) is 6.12. The molecule has 2 heterocycles. The molecule has 0 radical (unpaired) electrons. The molecule has 2 aromatic rings. The standard InChI is InChI=1S/C29H35N5O3/c1-3-5-16-25-28(36)31(19-17-23-12-8-6-9-13-23)21-26-33(25)27(35)22-32(18-4-2)34(26)29(37)30-20-24-14-10-7-11-15-24/h2,6-15,25-26H,3,5,16-22H2,1H3,(H,30,37)/t25-,26-/m0/s1. The molecule has 8 nitrogen and oxygen atoms in total. The molecule has 0 aliphatic carbocycles. The number of fused-ring (bicyclic) bond motifs is 1. The first kappa shape index (κ1) is 26.2. The Hall–Kier alpha value is -3.83. The summed E-state index contributed by atoms with van der Waals surface area (Å²) in [4.78, 5) is 44.0. The minimum atomic E-state index is -0.624. The Morgan fingerprint density at radius 2 is 1.73 bits per heavy atom. The average Bonchev–Trinajstić information content (AvgIpc) is 2.92. The number of nitrogens with zero attached hydrogens (tertiary/aromatic N) is 4. The normalized spacial score (nSPS) is 19.9. The van der Waals surface area contributed by atoms with Crippen LogP contribution in [0.2, 0.25) is 0 Å². The van der Waals surface area contributed by atoms with Gasteiger partial charge < -0.3 is 15.1 Å². The first-order valence-corrected chi connectivity index (χ1v) is 13.0. The Kier molecular flexibility index (Phi) is 8.81. The maximum Gasteiger partial charge on any atom is 0.334 e. The van der Waals surface area contributed by atoms with Crippen LogP contribution in [0.25, 0.3) is 0 Å². The minimum absolute atomic E-state index is 0.0423. The first-order valence-electron chi connectivity index (χ1n) is 13.0. The molecule has 37 heavy (non-hydrogen) atoms. The molecule has 0 unspecified atom stereocenters. The lowest BCUT2D eigenvalue weighted by Crippen LogP contribution is -2.76. The minimum Gasteiger partial charge on any atom is -0.337 e. The fourth-order valence-corrected chi connectivity index (χ4v) is 5.08. The van der Waals surface area contributed by atoms with Crippen LogP contribution in [-0.4, -0.2) is 76.0 Å². The molecular weight excluding hydrogens is 466 g/mol. The first-order chi connectivity index (χ1) is 18.0. The van der Waals surface area contributed by atoms with Crippen LogP contribution in [-0.2, 0) is 22.6 Å². The third-order valence-electron chi connectivity index (χ3n) is 6.94. The lowest BCUT2D eigenvalue weighted by Gasteiger charge is -2.55. The van der Waals surface area contributed by atoms with Crippen LogP contribution >= 0.6 is 0 Å². The zero-order valence-electron chi connectivity index (χ0n) is 21.4. The van der Waals surface area contributed by atoms with Crippen molar-refractivity contribution in [2.45, 2.75) is 51.4 Å². The Morgan fingerprint density at radius 1 is 1.05 bits per heavy atom. The molecule has 2 fully saturated rings. The maximum atomic E-state index is 13.6. The van der Waals surface area contributed by atoms with E-state index in [1.807, 2.05) is 60.7 Å². The highest BCUT2D eigenvalue weighted by atomic mass is 16.2. The summed E-state index contributed by atoms with van der Waals surface area (Å²) in [6.07, 6.45) is 7.97. The molecule has 194 valence electrons. The van der Waals surface area contributed by atoms with Crippen LogP contribution in [0, 0.1) is 12.3 Å². The Morgan fingerprint density at radius 3 is 2.38 bits per heavy atom. The number of unbranched alkanes of at least 4 members (excludes halogenated alkanes) is 1. The van der Waals surface area contributed by atoms with E-state index in [2.05, 4.69) is 18.2 Å². The number of hydrogen-bond acceptors (Lipinski definition) is 4. The summed E-state index contributed by atoms with van der Waals surface area (Å²) < 4.78 is 0. The van der Waals surface area contributed by atoms with E-state index in [9.17, 15) is 14.4 Å². The number of carbonyl (C=O) groups is 3. The van der Waals surface area contributed by atoms with Crippen molar-refractivity contribution >= 4 is 17.8 Å². The van der Waals surface area contributed by atoms with Crippen LogP contribution in [0.1, 0.15) is 37.3 Å². The highest BCUT2D eigenvalue weighted by Gasteiger charge is 2.50. The van der Waals surface area contributed by atoms with E-state index in [4.69, 9.17) is 6.42 Å². The SMILES string of the molecule is C#CCN1CC(=O)N2[C@@H](CCCC)C(=O)N(CCc3ccccc3)C[C@@H]2N1C(=O)NCc1ccccc1. The summed E-state index contributed by atoms with van der Waals surface area (Å²) in [6, 6.07) is 18.7. The van der Waals surface area contributed by atoms with E-state index in [-0.39, 0.29) is 37.5 Å². The molecule has 2 aliphatic heterocycles. The van der Waals surface area contributed by atoms with Crippen LogP contribution in [0.3, 0.4) is 0 Å². The molecule has 2 atom stereocenters. The van der Waals surface area contributed by atoms with Gasteiger partial charge in [0, 0.05) is 13.1 Å². The van der Waals surface area contributed by atoms with Gasteiger partial charge in [-0.25, -0.2) is 9.80 Å². The molecule has 0 saturated carbocycles. The summed E-state index contributed by atoms with van der Waals surface area (Å²) in [7, 11) is 0. The molecular formula is C29H35N5O3. The molecule has 2 aromatic carbocycles. The number of nitrogens with one attached hydrogen (secondary N) is 1. The summed E-state index contributed by atoms with van der Waals surface area (Å²) in [5, 5.41) is 6.16. The quantitative estimate of drug-likeness (QED) is 0.536. The van der Waals surface area contributed by atoms with Crippen LogP contribution in [0.5, 0.6) is 0 Å². The molecule has 4 rings (SSSR count). The number of terminal acetylenes is 1. The second kappa shape index (κ2) is 12.4. The van der Waals surface area contributed by atoms with E-state index >= 15 is 0 Å². The van der Waals surface area contributed by atoms with Crippen LogP contribution in [0.4, 0.5) is 4.79 Å². The molecule has 2 aliphatic rings. The van der Waals surface area contributed by atoms with Gasteiger partial charge in [-0.15, -0.1) is 6.42 Å². The molecule has 0 bridgehead atoms. The third-order valence-corrected chi connectivity index (χ3v) is 6.94. The molecule has 8 heteroatoms. The summed E-state index contributed by atoms with van der Waals surface area (Å²) >= 11 is 0. The Bertz CT molecular complexity index is 1120. The zero-order valence-corrected chi connectivity index (χ0v) is 21.4. The van der Waals surface area contributed by atoms with E-state index in [1.165, 1.54) is 0 Å². The van der Waals surface area contributed by atoms with Gasteiger partial charge in [0.25, 0.3) is 0 Å². The molecule has 0 spiro atoms. The number of hydrazine groups is 1. The van der Waals surface area contributed by atoms with Gasteiger partial charge in [-0.1, -0.05) is 86.3 Å². The summed E-state index contributed by atoms with van der Waals surface area (Å²) in [6.45, 7) is 3.23.